The molecular weight excluding hydrogens is 214 g/mol. The SMILES string of the molecule is CN(CC1CCNCC1)c1nnccc1C#N. The normalized spacial score (nSPS) is 16.5. The molecule has 1 aliphatic rings. The van der Waals surface area contributed by atoms with Crippen LogP contribution in [0.3, 0.4) is 0 Å². The molecule has 0 aliphatic carbocycles. The first-order valence-corrected chi connectivity index (χ1v) is 5.95. The van der Waals surface area contributed by atoms with E-state index < -0.39 is 0 Å². The van der Waals surface area contributed by atoms with E-state index in [0.717, 1.165) is 19.6 Å². The largest absolute Gasteiger partial charge is 0.357 e. The molecule has 2 rings (SSSR count). The summed E-state index contributed by atoms with van der Waals surface area (Å²) in [4.78, 5) is 2.04. The molecule has 0 saturated carbocycles. The predicted octanol–water partition coefficient (Wildman–Crippen LogP) is 0.784. The van der Waals surface area contributed by atoms with Gasteiger partial charge >= 0.3 is 0 Å². The highest BCUT2D eigenvalue weighted by Crippen LogP contribution is 2.18. The summed E-state index contributed by atoms with van der Waals surface area (Å²) >= 11 is 0. The Morgan fingerprint density at radius 3 is 3.00 bits per heavy atom. The van der Waals surface area contributed by atoms with Crippen LogP contribution >= 0.6 is 0 Å². The monoisotopic (exact) mass is 231 g/mol. The molecule has 0 bridgehead atoms. The Morgan fingerprint density at radius 2 is 2.29 bits per heavy atom. The second-order valence-electron chi connectivity index (χ2n) is 4.45. The number of piperidine rings is 1. The van der Waals surface area contributed by atoms with Gasteiger partial charge in [-0.25, -0.2) is 0 Å². The molecule has 17 heavy (non-hydrogen) atoms. The third-order valence-electron chi connectivity index (χ3n) is 3.17. The summed E-state index contributed by atoms with van der Waals surface area (Å²) in [7, 11) is 1.98. The molecule has 1 N–H and O–H groups in total. The summed E-state index contributed by atoms with van der Waals surface area (Å²) in [6.07, 6.45) is 3.93. The standard InChI is InChI=1S/C12H17N5/c1-17(9-10-2-5-14-6-3-10)12-11(8-13)4-7-15-16-12/h4,7,10,14H,2-3,5-6,9H2,1H3. The van der Waals surface area contributed by atoms with Gasteiger partial charge in [0.1, 0.15) is 6.07 Å². The summed E-state index contributed by atoms with van der Waals surface area (Å²) in [5, 5.41) is 20.3. The van der Waals surface area contributed by atoms with Crippen LogP contribution in [-0.4, -0.2) is 36.9 Å². The average molecular weight is 231 g/mol. The zero-order chi connectivity index (χ0) is 12.1. The smallest absolute Gasteiger partial charge is 0.168 e. The maximum Gasteiger partial charge on any atom is 0.168 e. The molecule has 90 valence electrons. The molecule has 0 atom stereocenters. The van der Waals surface area contributed by atoms with Crippen LogP contribution in [0.1, 0.15) is 18.4 Å². The molecule has 5 nitrogen and oxygen atoms in total. The Balaban J connectivity index is 2.03. The average Bonchev–Trinajstić information content (AvgIpc) is 2.40. The van der Waals surface area contributed by atoms with Crippen molar-refractivity contribution in [2.24, 2.45) is 5.92 Å². The summed E-state index contributed by atoms with van der Waals surface area (Å²) < 4.78 is 0. The van der Waals surface area contributed by atoms with Gasteiger partial charge in [-0.05, 0) is 37.9 Å². The van der Waals surface area contributed by atoms with Crippen molar-refractivity contribution in [3.63, 3.8) is 0 Å². The molecule has 0 radical (unpaired) electrons. The molecule has 1 aromatic rings. The minimum Gasteiger partial charge on any atom is -0.357 e. The molecule has 1 aliphatic heterocycles. The van der Waals surface area contributed by atoms with Crippen molar-refractivity contribution in [3.05, 3.63) is 17.8 Å². The van der Waals surface area contributed by atoms with Gasteiger partial charge in [0.05, 0.1) is 11.8 Å². The molecule has 0 spiro atoms. The number of nitrogens with zero attached hydrogens (tertiary/aromatic N) is 4. The molecule has 0 aromatic carbocycles. The van der Waals surface area contributed by atoms with Gasteiger partial charge in [-0.15, -0.1) is 5.10 Å². The zero-order valence-electron chi connectivity index (χ0n) is 10.1. The number of hydrogen-bond acceptors (Lipinski definition) is 5. The second kappa shape index (κ2) is 5.60. The fraction of sp³-hybridized carbons (Fsp3) is 0.583. The number of rotatable bonds is 3. The van der Waals surface area contributed by atoms with E-state index in [1.54, 1.807) is 12.3 Å². The van der Waals surface area contributed by atoms with Crippen molar-refractivity contribution >= 4 is 5.82 Å². The van der Waals surface area contributed by atoms with Crippen molar-refractivity contribution in [3.8, 4) is 6.07 Å². The summed E-state index contributed by atoms with van der Waals surface area (Å²) in [6, 6.07) is 3.87. The second-order valence-corrected chi connectivity index (χ2v) is 4.45. The first-order chi connectivity index (χ1) is 8.31. The number of hydrogen-bond donors (Lipinski definition) is 1. The number of anilines is 1. The third kappa shape index (κ3) is 2.92. The van der Waals surface area contributed by atoms with Crippen LogP contribution in [0, 0.1) is 17.2 Å². The Morgan fingerprint density at radius 1 is 1.53 bits per heavy atom. The zero-order valence-corrected chi connectivity index (χ0v) is 10.1. The molecule has 5 heteroatoms. The maximum atomic E-state index is 9.02. The van der Waals surface area contributed by atoms with Crippen molar-refractivity contribution in [2.45, 2.75) is 12.8 Å². The first-order valence-electron chi connectivity index (χ1n) is 5.95. The van der Waals surface area contributed by atoms with Crippen LogP contribution in [0.4, 0.5) is 5.82 Å². The number of aromatic nitrogens is 2. The lowest BCUT2D eigenvalue weighted by atomic mass is 9.97. The Labute approximate surface area is 101 Å². The Hall–Kier alpha value is -1.67. The minimum absolute atomic E-state index is 0.594. The van der Waals surface area contributed by atoms with Gasteiger partial charge < -0.3 is 10.2 Å². The van der Waals surface area contributed by atoms with Gasteiger partial charge in [0, 0.05) is 13.6 Å². The summed E-state index contributed by atoms with van der Waals surface area (Å²) in [6.45, 7) is 3.11. The van der Waals surface area contributed by atoms with E-state index in [1.807, 2.05) is 11.9 Å². The van der Waals surface area contributed by atoms with Gasteiger partial charge in [-0.2, -0.15) is 10.4 Å². The summed E-state index contributed by atoms with van der Waals surface area (Å²) in [5.74, 6) is 1.36. The van der Waals surface area contributed by atoms with E-state index in [-0.39, 0.29) is 0 Å². The Kier molecular flexibility index (Phi) is 3.89. The van der Waals surface area contributed by atoms with E-state index in [9.17, 15) is 0 Å². The van der Waals surface area contributed by atoms with Crippen LogP contribution in [0.2, 0.25) is 0 Å². The highest BCUT2D eigenvalue weighted by molar-refractivity contribution is 5.51. The van der Waals surface area contributed by atoms with Crippen molar-refractivity contribution in [1.82, 2.24) is 15.5 Å². The fourth-order valence-corrected chi connectivity index (χ4v) is 2.23. The fourth-order valence-electron chi connectivity index (χ4n) is 2.23. The van der Waals surface area contributed by atoms with Gasteiger partial charge in [0.25, 0.3) is 0 Å². The molecule has 1 fully saturated rings. The molecule has 0 amide bonds. The number of nitrogens with one attached hydrogen (secondary N) is 1. The maximum absolute atomic E-state index is 9.02. The highest BCUT2D eigenvalue weighted by Gasteiger charge is 2.17. The first kappa shape index (κ1) is 11.8. The molecule has 0 unspecified atom stereocenters. The van der Waals surface area contributed by atoms with E-state index in [0.29, 0.717) is 17.3 Å². The van der Waals surface area contributed by atoms with Crippen molar-refractivity contribution in [2.75, 3.05) is 31.6 Å². The van der Waals surface area contributed by atoms with Gasteiger partial charge in [0.15, 0.2) is 5.82 Å². The highest BCUT2D eigenvalue weighted by atomic mass is 15.2. The lowest BCUT2D eigenvalue weighted by Gasteiger charge is -2.28. The Bertz CT molecular complexity index is 406. The van der Waals surface area contributed by atoms with Gasteiger partial charge in [0.2, 0.25) is 0 Å². The molecular formula is C12H17N5. The van der Waals surface area contributed by atoms with Crippen molar-refractivity contribution in [1.29, 1.82) is 5.26 Å². The van der Waals surface area contributed by atoms with E-state index in [2.05, 4.69) is 21.6 Å². The number of nitriles is 1. The third-order valence-corrected chi connectivity index (χ3v) is 3.17. The van der Waals surface area contributed by atoms with Crippen LogP contribution < -0.4 is 10.2 Å². The lowest BCUT2D eigenvalue weighted by Crippen LogP contribution is -2.35. The van der Waals surface area contributed by atoms with Crippen LogP contribution in [0.15, 0.2) is 12.3 Å². The van der Waals surface area contributed by atoms with E-state index in [1.165, 1.54) is 12.8 Å². The van der Waals surface area contributed by atoms with Crippen LogP contribution in [-0.2, 0) is 0 Å². The predicted molar refractivity (Wildman–Crippen MR) is 65.6 cm³/mol. The van der Waals surface area contributed by atoms with E-state index in [4.69, 9.17) is 5.26 Å². The van der Waals surface area contributed by atoms with E-state index >= 15 is 0 Å². The van der Waals surface area contributed by atoms with Crippen molar-refractivity contribution < 1.29 is 0 Å². The topological polar surface area (TPSA) is 64.8 Å². The van der Waals surface area contributed by atoms with Gasteiger partial charge in [-0.1, -0.05) is 0 Å². The molecule has 1 saturated heterocycles. The molecule has 1 aromatic heterocycles. The molecule has 2 heterocycles. The van der Waals surface area contributed by atoms with Gasteiger partial charge in [-0.3, -0.25) is 0 Å². The van der Waals surface area contributed by atoms with Crippen LogP contribution in [0.25, 0.3) is 0 Å². The van der Waals surface area contributed by atoms with Crippen LogP contribution in [0.5, 0.6) is 0 Å². The summed E-state index contributed by atoms with van der Waals surface area (Å²) in [5.41, 5.74) is 0.594. The quantitative estimate of drug-likeness (QED) is 0.833. The minimum atomic E-state index is 0.594. The lowest BCUT2D eigenvalue weighted by molar-refractivity contribution is 0.377.